The number of nitrogens with one attached hydrogen (secondary N) is 2. The minimum Gasteiger partial charge on any atom is -0.493 e. The largest absolute Gasteiger partial charge is 0.493 e. The molecule has 1 saturated heterocycles. The van der Waals surface area contributed by atoms with Crippen molar-refractivity contribution in [2.75, 3.05) is 46.3 Å². The fraction of sp³-hybridized carbons (Fsp3) is 0.524. The van der Waals surface area contributed by atoms with Crippen molar-refractivity contribution in [3.63, 3.8) is 0 Å². The van der Waals surface area contributed by atoms with Crippen LogP contribution in [0.15, 0.2) is 12.1 Å². The molecule has 3 N–H and O–H groups in total. The molecule has 1 atom stereocenters. The first-order valence-electron chi connectivity index (χ1n) is 10.0. The summed E-state index contributed by atoms with van der Waals surface area (Å²) in [5, 5.41) is 12.8. The molecule has 1 amide bonds. The number of rotatable bonds is 8. The van der Waals surface area contributed by atoms with E-state index in [0.717, 1.165) is 25.8 Å². The molecule has 2 heterocycles. The second-order valence-corrected chi connectivity index (χ2v) is 7.30. The lowest BCUT2D eigenvalue weighted by Crippen LogP contribution is -2.44. The van der Waals surface area contributed by atoms with Crippen LogP contribution >= 0.6 is 0 Å². The van der Waals surface area contributed by atoms with Gasteiger partial charge >= 0.3 is 5.97 Å². The molecular formula is C21H29N3O6. The fourth-order valence-corrected chi connectivity index (χ4v) is 4.01. The van der Waals surface area contributed by atoms with Crippen molar-refractivity contribution in [2.24, 2.45) is 0 Å². The van der Waals surface area contributed by atoms with Crippen LogP contribution in [0, 0.1) is 0 Å². The Bertz CT molecular complexity index is 908. The topological polar surface area (TPSA) is 113 Å². The number of carbonyl (C=O) groups excluding carboxylic acids is 2. The maximum atomic E-state index is 12.9. The molecule has 30 heavy (non-hydrogen) atoms. The van der Waals surface area contributed by atoms with Gasteiger partial charge in [-0.05, 0) is 31.9 Å². The number of benzene rings is 1. The molecule has 0 radical (unpaired) electrons. The summed E-state index contributed by atoms with van der Waals surface area (Å²) in [4.78, 5) is 30.3. The van der Waals surface area contributed by atoms with Gasteiger partial charge in [0.15, 0.2) is 11.5 Å². The van der Waals surface area contributed by atoms with Crippen molar-refractivity contribution in [1.82, 2.24) is 9.88 Å². The van der Waals surface area contributed by atoms with Gasteiger partial charge in [-0.1, -0.05) is 6.42 Å². The van der Waals surface area contributed by atoms with Crippen molar-refractivity contribution in [3.05, 3.63) is 17.8 Å². The third-order valence-electron chi connectivity index (χ3n) is 5.51. The summed E-state index contributed by atoms with van der Waals surface area (Å²) in [5.74, 6) is 0.159. The predicted octanol–water partition coefficient (Wildman–Crippen LogP) is 2.15. The minimum absolute atomic E-state index is 0.0966. The maximum absolute atomic E-state index is 12.9. The number of fused-ring (bicyclic) bond motifs is 1. The average molecular weight is 419 g/mol. The van der Waals surface area contributed by atoms with Gasteiger partial charge in [0.25, 0.3) is 0 Å². The van der Waals surface area contributed by atoms with E-state index in [2.05, 4.69) is 15.2 Å². The number of piperidine rings is 1. The molecule has 0 saturated carbocycles. The molecule has 2 aromatic rings. The molecule has 1 aliphatic rings. The highest BCUT2D eigenvalue weighted by Gasteiger charge is 2.26. The Labute approximate surface area is 175 Å². The molecule has 0 bridgehead atoms. The molecular weight excluding hydrogens is 390 g/mol. The van der Waals surface area contributed by atoms with Crippen LogP contribution in [0.4, 0.5) is 5.69 Å². The van der Waals surface area contributed by atoms with Crippen molar-refractivity contribution in [1.29, 1.82) is 0 Å². The number of amides is 1. The number of carbonyl (C=O) groups is 2. The van der Waals surface area contributed by atoms with Gasteiger partial charge in [-0.15, -0.1) is 0 Å². The van der Waals surface area contributed by atoms with Gasteiger partial charge < -0.3 is 29.6 Å². The van der Waals surface area contributed by atoms with E-state index in [1.165, 1.54) is 21.3 Å². The lowest BCUT2D eigenvalue weighted by molar-refractivity contribution is -0.118. The fourth-order valence-electron chi connectivity index (χ4n) is 4.01. The monoisotopic (exact) mass is 419 g/mol. The highest BCUT2D eigenvalue weighted by molar-refractivity contribution is 6.11. The summed E-state index contributed by atoms with van der Waals surface area (Å²) in [6.45, 7) is 1.09. The summed E-state index contributed by atoms with van der Waals surface area (Å²) in [7, 11) is 4.33. The highest BCUT2D eigenvalue weighted by atomic mass is 16.5. The predicted molar refractivity (Wildman–Crippen MR) is 112 cm³/mol. The number of aromatic nitrogens is 1. The number of likely N-dealkylation sites (tertiary alicyclic amines) is 1. The Morgan fingerprint density at radius 2 is 1.93 bits per heavy atom. The Morgan fingerprint density at radius 3 is 2.60 bits per heavy atom. The molecule has 3 rings (SSSR count). The highest BCUT2D eigenvalue weighted by Crippen LogP contribution is 2.37. The zero-order valence-corrected chi connectivity index (χ0v) is 17.6. The first kappa shape index (κ1) is 21.9. The number of aliphatic hydroxyl groups excluding tert-OH is 1. The molecule has 1 aliphatic heterocycles. The van der Waals surface area contributed by atoms with E-state index in [-0.39, 0.29) is 30.8 Å². The summed E-state index contributed by atoms with van der Waals surface area (Å²) >= 11 is 0. The first-order valence-corrected chi connectivity index (χ1v) is 10.0. The number of hydrogen-bond donors (Lipinski definition) is 3. The van der Waals surface area contributed by atoms with E-state index < -0.39 is 5.97 Å². The molecule has 9 nitrogen and oxygen atoms in total. The summed E-state index contributed by atoms with van der Waals surface area (Å²) in [6, 6.07) is 3.60. The van der Waals surface area contributed by atoms with Crippen LogP contribution in [0.2, 0.25) is 0 Å². The van der Waals surface area contributed by atoms with E-state index in [0.29, 0.717) is 34.5 Å². The molecule has 1 aromatic carbocycles. The number of anilines is 1. The van der Waals surface area contributed by atoms with Crippen LogP contribution < -0.4 is 14.8 Å². The lowest BCUT2D eigenvalue weighted by Gasteiger charge is -2.34. The lowest BCUT2D eigenvalue weighted by atomic mass is 9.99. The Morgan fingerprint density at radius 1 is 1.20 bits per heavy atom. The summed E-state index contributed by atoms with van der Waals surface area (Å²) < 4.78 is 15.6. The number of esters is 1. The van der Waals surface area contributed by atoms with Gasteiger partial charge in [0.1, 0.15) is 5.69 Å². The maximum Gasteiger partial charge on any atom is 0.356 e. The van der Waals surface area contributed by atoms with Crippen LogP contribution in [0.1, 0.15) is 36.2 Å². The number of aromatic amines is 1. The molecule has 1 aromatic heterocycles. The van der Waals surface area contributed by atoms with E-state index in [4.69, 9.17) is 14.2 Å². The normalized spacial score (nSPS) is 17.0. The number of ether oxygens (including phenoxy) is 3. The third-order valence-corrected chi connectivity index (χ3v) is 5.51. The first-order chi connectivity index (χ1) is 14.5. The molecule has 164 valence electrons. The Balaban J connectivity index is 1.91. The molecule has 0 aliphatic carbocycles. The number of hydrogen-bond acceptors (Lipinski definition) is 7. The van der Waals surface area contributed by atoms with Crippen LogP contribution in [0.25, 0.3) is 10.9 Å². The Kier molecular flexibility index (Phi) is 7.17. The standard InChI is InChI=1S/C21H29N3O6/c1-28-16-10-14-15(11-17(16)29-2)22-20(21(27)30-3)19(14)23-18(26)12-24-8-5-4-6-13(24)7-9-25/h10-11,13,22,25H,4-9,12H2,1-3H3,(H,23,26)/t13-/m1/s1. The second-order valence-electron chi connectivity index (χ2n) is 7.30. The van der Waals surface area contributed by atoms with Gasteiger partial charge in [-0.2, -0.15) is 0 Å². The third kappa shape index (κ3) is 4.52. The van der Waals surface area contributed by atoms with Crippen LogP contribution in [-0.4, -0.2) is 73.9 Å². The zero-order chi connectivity index (χ0) is 21.7. The second kappa shape index (κ2) is 9.82. The van der Waals surface area contributed by atoms with Gasteiger partial charge in [0.05, 0.1) is 39.1 Å². The van der Waals surface area contributed by atoms with Crippen molar-refractivity contribution in [3.8, 4) is 11.5 Å². The van der Waals surface area contributed by atoms with Gasteiger partial charge in [0.2, 0.25) is 5.91 Å². The van der Waals surface area contributed by atoms with Crippen LogP contribution in [0.3, 0.4) is 0 Å². The Hall–Kier alpha value is -2.78. The average Bonchev–Trinajstić information content (AvgIpc) is 3.10. The van der Waals surface area contributed by atoms with Gasteiger partial charge in [-0.25, -0.2) is 4.79 Å². The smallest absolute Gasteiger partial charge is 0.356 e. The minimum atomic E-state index is -0.587. The van der Waals surface area contributed by atoms with Crippen molar-refractivity contribution >= 4 is 28.5 Å². The van der Waals surface area contributed by atoms with E-state index in [1.807, 2.05) is 0 Å². The van der Waals surface area contributed by atoms with Crippen LogP contribution in [-0.2, 0) is 9.53 Å². The zero-order valence-electron chi connectivity index (χ0n) is 17.6. The van der Waals surface area contributed by atoms with E-state index in [1.54, 1.807) is 12.1 Å². The van der Waals surface area contributed by atoms with E-state index in [9.17, 15) is 14.7 Å². The van der Waals surface area contributed by atoms with E-state index >= 15 is 0 Å². The van der Waals surface area contributed by atoms with Crippen molar-refractivity contribution < 1.29 is 28.9 Å². The number of methoxy groups -OCH3 is 3. The summed E-state index contributed by atoms with van der Waals surface area (Å²) in [6.07, 6.45) is 3.72. The van der Waals surface area contributed by atoms with Crippen LogP contribution in [0.5, 0.6) is 11.5 Å². The molecule has 9 heteroatoms. The van der Waals surface area contributed by atoms with Gasteiger partial charge in [0, 0.05) is 24.1 Å². The number of aliphatic hydroxyl groups is 1. The van der Waals surface area contributed by atoms with Gasteiger partial charge in [-0.3, -0.25) is 9.69 Å². The molecule has 0 unspecified atom stereocenters. The molecule has 0 spiro atoms. The number of H-pyrrole nitrogens is 1. The van der Waals surface area contributed by atoms with Crippen molar-refractivity contribution in [2.45, 2.75) is 31.7 Å². The SMILES string of the molecule is COC(=O)c1[nH]c2cc(OC)c(OC)cc2c1NC(=O)CN1CCCC[C@@H]1CCO. The summed E-state index contributed by atoms with van der Waals surface area (Å²) in [5.41, 5.74) is 1.11. The molecule has 1 fully saturated rings. The quantitative estimate of drug-likeness (QED) is 0.562. The number of nitrogens with zero attached hydrogens (tertiary/aromatic N) is 1.